The van der Waals surface area contributed by atoms with E-state index in [2.05, 4.69) is 15.3 Å². The molecule has 1 amide bonds. The number of aromatic nitrogens is 2. The normalized spacial score (nSPS) is 13.8. The molecule has 2 aromatic carbocycles. The Labute approximate surface area is 186 Å². The Balaban J connectivity index is 1.88. The van der Waals surface area contributed by atoms with Crippen LogP contribution in [-0.2, 0) is 16.1 Å². The molecule has 0 bridgehead atoms. The lowest BCUT2D eigenvalue weighted by Gasteiger charge is -2.26. The van der Waals surface area contributed by atoms with Gasteiger partial charge in [-0.2, -0.15) is 0 Å². The van der Waals surface area contributed by atoms with E-state index >= 15 is 0 Å². The van der Waals surface area contributed by atoms with Gasteiger partial charge in [0.1, 0.15) is 18.1 Å². The number of hydrogen-bond acceptors (Lipinski definition) is 6. The summed E-state index contributed by atoms with van der Waals surface area (Å²) in [6, 6.07) is 16.2. The molecule has 0 spiro atoms. The van der Waals surface area contributed by atoms with Crippen LogP contribution in [0.5, 0.6) is 5.75 Å². The molecule has 3 aromatic rings. The lowest BCUT2D eigenvalue weighted by Crippen LogP contribution is -2.48. The van der Waals surface area contributed by atoms with Crippen LogP contribution in [0.1, 0.15) is 36.7 Å². The predicted octanol–water partition coefficient (Wildman–Crippen LogP) is 3.66. The van der Waals surface area contributed by atoms with Crippen LogP contribution in [0, 0.1) is 0 Å². The van der Waals surface area contributed by atoms with Gasteiger partial charge in [-0.05, 0) is 37.1 Å². The number of amides is 1. The van der Waals surface area contributed by atoms with Crippen LogP contribution in [0.4, 0.5) is 0 Å². The van der Waals surface area contributed by atoms with Crippen LogP contribution < -0.4 is 10.1 Å². The summed E-state index contributed by atoms with van der Waals surface area (Å²) >= 11 is 6.26. The van der Waals surface area contributed by atoms with Crippen molar-refractivity contribution in [2.24, 2.45) is 0 Å². The van der Waals surface area contributed by atoms with Gasteiger partial charge < -0.3 is 19.9 Å². The van der Waals surface area contributed by atoms with Gasteiger partial charge in [-0.3, -0.25) is 9.78 Å². The number of hydrogen-bond donors (Lipinski definition) is 2. The second-order valence-electron chi connectivity index (χ2n) is 6.90. The number of nitrogens with zero attached hydrogens (tertiary/aromatic N) is 2. The zero-order valence-electron chi connectivity index (χ0n) is 17.3. The third-order valence-electron chi connectivity index (χ3n) is 4.51. The highest BCUT2D eigenvalue weighted by Crippen LogP contribution is 2.28. The molecule has 0 aliphatic rings. The minimum atomic E-state index is -2.01. The van der Waals surface area contributed by atoms with Crippen LogP contribution in [-0.4, -0.2) is 33.4 Å². The molecule has 0 saturated carbocycles. The third-order valence-corrected chi connectivity index (χ3v) is 4.81. The average molecular weight is 442 g/mol. The number of carbonyl (C=O) groups excluding carboxylic acids is 1. The second-order valence-corrected chi connectivity index (χ2v) is 7.26. The Bertz CT molecular complexity index is 1010. The first kappa shape index (κ1) is 22.7. The summed E-state index contributed by atoms with van der Waals surface area (Å²) < 4.78 is 11.1. The van der Waals surface area contributed by atoms with Crippen molar-refractivity contribution < 1.29 is 19.4 Å². The predicted molar refractivity (Wildman–Crippen MR) is 116 cm³/mol. The lowest BCUT2D eigenvalue weighted by molar-refractivity contribution is -0.198. The molecule has 0 saturated heterocycles. The number of halogens is 1. The summed E-state index contributed by atoms with van der Waals surface area (Å²) in [5.41, 5.74) is 2.03. The monoisotopic (exact) mass is 441 g/mol. The van der Waals surface area contributed by atoms with Crippen molar-refractivity contribution in [3.05, 3.63) is 89.0 Å². The van der Waals surface area contributed by atoms with Crippen LogP contribution >= 0.6 is 11.6 Å². The van der Waals surface area contributed by atoms with E-state index in [0.29, 0.717) is 23.6 Å². The zero-order chi connectivity index (χ0) is 22.3. The SMILES string of the molecule is CCOC(C)(O)C(=O)NC(c1cccc(OCc2ccccc2)c1)c1nccnc1Cl. The molecule has 1 aromatic heterocycles. The van der Waals surface area contributed by atoms with E-state index in [-0.39, 0.29) is 11.8 Å². The van der Waals surface area contributed by atoms with Crippen molar-refractivity contribution >= 4 is 17.5 Å². The standard InChI is InChI=1S/C23H24ClN3O4/c1-3-31-23(2,29)22(28)27-19(20-21(24)26-13-12-25-20)17-10-7-11-18(14-17)30-15-16-8-5-4-6-9-16/h4-14,19,29H,3,15H2,1-2H3,(H,27,28). The van der Waals surface area contributed by atoms with Crippen molar-refractivity contribution in [1.82, 2.24) is 15.3 Å². The fourth-order valence-electron chi connectivity index (χ4n) is 2.97. The first-order valence-electron chi connectivity index (χ1n) is 9.81. The van der Waals surface area contributed by atoms with E-state index in [4.69, 9.17) is 21.1 Å². The molecule has 31 heavy (non-hydrogen) atoms. The smallest absolute Gasteiger partial charge is 0.280 e. The molecule has 3 rings (SSSR count). The maximum Gasteiger partial charge on any atom is 0.280 e. The Morgan fingerprint density at radius 3 is 2.61 bits per heavy atom. The number of ether oxygens (including phenoxy) is 2. The molecule has 7 nitrogen and oxygen atoms in total. The Hall–Kier alpha value is -3.00. The minimum Gasteiger partial charge on any atom is -0.489 e. The molecule has 162 valence electrons. The van der Waals surface area contributed by atoms with Crippen molar-refractivity contribution in [2.75, 3.05) is 6.61 Å². The fraction of sp³-hybridized carbons (Fsp3) is 0.261. The van der Waals surface area contributed by atoms with Gasteiger partial charge in [0.05, 0.1) is 6.04 Å². The third kappa shape index (κ3) is 6.01. The maximum atomic E-state index is 12.7. The van der Waals surface area contributed by atoms with Crippen molar-refractivity contribution in [3.63, 3.8) is 0 Å². The average Bonchev–Trinajstić information content (AvgIpc) is 2.77. The van der Waals surface area contributed by atoms with Crippen LogP contribution in [0.15, 0.2) is 67.0 Å². The molecule has 0 radical (unpaired) electrons. The molecular weight excluding hydrogens is 418 g/mol. The van der Waals surface area contributed by atoms with E-state index in [1.54, 1.807) is 25.1 Å². The topological polar surface area (TPSA) is 93.6 Å². The molecule has 2 atom stereocenters. The van der Waals surface area contributed by atoms with E-state index < -0.39 is 17.7 Å². The quantitative estimate of drug-likeness (QED) is 0.492. The summed E-state index contributed by atoms with van der Waals surface area (Å²) in [4.78, 5) is 21.1. The highest BCUT2D eigenvalue weighted by atomic mass is 35.5. The van der Waals surface area contributed by atoms with Crippen molar-refractivity contribution in [3.8, 4) is 5.75 Å². The molecule has 2 unspecified atom stereocenters. The molecule has 0 fully saturated rings. The minimum absolute atomic E-state index is 0.138. The lowest BCUT2D eigenvalue weighted by atomic mass is 10.0. The van der Waals surface area contributed by atoms with Crippen molar-refractivity contribution in [2.45, 2.75) is 32.3 Å². The van der Waals surface area contributed by atoms with Gasteiger partial charge in [-0.1, -0.05) is 54.1 Å². The molecule has 0 aliphatic carbocycles. The Morgan fingerprint density at radius 1 is 1.16 bits per heavy atom. The van der Waals surface area contributed by atoms with Gasteiger partial charge in [-0.25, -0.2) is 4.98 Å². The number of nitrogens with one attached hydrogen (secondary N) is 1. The second kappa shape index (κ2) is 10.3. The first-order valence-corrected chi connectivity index (χ1v) is 10.2. The van der Waals surface area contributed by atoms with Crippen molar-refractivity contribution in [1.29, 1.82) is 0 Å². The van der Waals surface area contributed by atoms with Crippen LogP contribution in [0.25, 0.3) is 0 Å². The maximum absolute atomic E-state index is 12.7. The summed E-state index contributed by atoms with van der Waals surface area (Å²) in [5.74, 6) is -2.13. The van der Waals surface area contributed by atoms with E-state index in [0.717, 1.165) is 5.56 Å². The number of rotatable bonds is 9. The number of aliphatic hydroxyl groups is 1. The van der Waals surface area contributed by atoms with Gasteiger partial charge >= 0.3 is 0 Å². The highest BCUT2D eigenvalue weighted by molar-refractivity contribution is 6.30. The first-order chi connectivity index (χ1) is 14.9. The van der Waals surface area contributed by atoms with Gasteiger partial charge in [0, 0.05) is 19.0 Å². The Morgan fingerprint density at radius 2 is 1.90 bits per heavy atom. The summed E-state index contributed by atoms with van der Waals surface area (Å²) in [7, 11) is 0. The van der Waals surface area contributed by atoms with E-state index in [9.17, 15) is 9.90 Å². The van der Waals surface area contributed by atoms with Gasteiger partial charge in [0.15, 0.2) is 5.15 Å². The fourth-order valence-corrected chi connectivity index (χ4v) is 3.19. The number of benzene rings is 2. The van der Waals surface area contributed by atoms with E-state index in [1.807, 2.05) is 36.4 Å². The molecule has 2 N–H and O–H groups in total. The van der Waals surface area contributed by atoms with Gasteiger partial charge in [0.2, 0.25) is 5.79 Å². The summed E-state index contributed by atoms with van der Waals surface area (Å²) in [6.07, 6.45) is 2.94. The van der Waals surface area contributed by atoms with Crippen LogP contribution in [0.3, 0.4) is 0 Å². The molecule has 1 heterocycles. The zero-order valence-corrected chi connectivity index (χ0v) is 18.0. The van der Waals surface area contributed by atoms with Crippen LogP contribution in [0.2, 0.25) is 5.15 Å². The van der Waals surface area contributed by atoms with Gasteiger partial charge in [-0.15, -0.1) is 0 Å². The summed E-state index contributed by atoms with van der Waals surface area (Å²) in [5, 5.41) is 13.2. The molecule has 8 heteroatoms. The van der Waals surface area contributed by atoms with E-state index in [1.165, 1.54) is 19.3 Å². The summed E-state index contributed by atoms with van der Waals surface area (Å²) in [6.45, 7) is 3.53. The molecular formula is C23H24ClN3O4. The Kier molecular flexibility index (Phi) is 7.57. The van der Waals surface area contributed by atoms with Gasteiger partial charge in [0.25, 0.3) is 5.91 Å². The number of carbonyl (C=O) groups is 1. The largest absolute Gasteiger partial charge is 0.489 e. The highest BCUT2D eigenvalue weighted by Gasteiger charge is 2.34. The molecule has 0 aliphatic heterocycles.